The number of hydrogen-bond donors (Lipinski definition) is 0. The highest BCUT2D eigenvalue weighted by Crippen LogP contribution is 2.57. The molecule has 0 fully saturated rings. The first-order valence-electron chi connectivity index (χ1n) is 15.5. The van der Waals surface area contributed by atoms with Crippen molar-refractivity contribution < 1.29 is 39.1 Å². The van der Waals surface area contributed by atoms with Gasteiger partial charge in [0.15, 0.2) is 11.2 Å². The number of rotatable bonds is 12. The van der Waals surface area contributed by atoms with Crippen LogP contribution in [0.2, 0.25) is 0 Å². The maximum atomic E-state index is 6.55. The van der Waals surface area contributed by atoms with Crippen molar-refractivity contribution in [3.63, 3.8) is 0 Å². The van der Waals surface area contributed by atoms with Crippen LogP contribution in [0.15, 0.2) is 30.3 Å². The molecule has 1 unspecified atom stereocenters. The molecule has 0 aliphatic carbocycles. The lowest BCUT2D eigenvalue weighted by atomic mass is 9.52. The van der Waals surface area contributed by atoms with Crippen molar-refractivity contribution in [2.75, 3.05) is 0 Å². The van der Waals surface area contributed by atoms with E-state index in [1.165, 1.54) is 0 Å². The van der Waals surface area contributed by atoms with Crippen molar-refractivity contribution in [1.29, 1.82) is 0 Å². The first-order chi connectivity index (χ1) is 19.4. The highest BCUT2D eigenvalue weighted by Gasteiger charge is 2.70. The molecule has 0 saturated carbocycles. The van der Waals surface area contributed by atoms with Crippen LogP contribution in [0.1, 0.15) is 137 Å². The number of hydrogen-bond acceptors (Lipinski definition) is 8. The fourth-order valence-corrected chi connectivity index (χ4v) is 5.02. The summed E-state index contributed by atoms with van der Waals surface area (Å²) in [6, 6.07) is 9.84. The van der Waals surface area contributed by atoms with Gasteiger partial charge in [-0.3, -0.25) is 0 Å². The van der Waals surface area contributed by atoms with Gasteiger partial charge in [0, 0.05) is 0 Å². The fraction of sp³-hybridized carbons (Fsp3) is 0.778. The van der Waals surface area contributed by atoms with Gasteiger partial charge in [-0.2, -0.15) is 0 Å². The molecule has 0 radical (unpaired) electrons. The minimum absolute atomic E-state index is 0.540. The smallest absolute Gasteiger partial charge is 0.176 e. The molecule has 0 amide bonds. The first kappa shape index (κ1) is 40.5. The quantitative estimate of drug-likeness (QED) is 0.130. The highest BCUT2D eigenvalue weighted by atomic mass is 17.2. The maximum Gasteiger partial charge on any atom is 0.176 e. The van der Waals surface area contributed by atoms with Crippen LogP contribution in [-0.2, 0) is 44.5 Å². The summed E-state index contributed by atoms with van der Waals surface area (Å²) in [6.45, 7) is 36.2. The lowest BCUT2D eigenvalue weighted by Gasteiger charge is -2.59. The van der Waals surface area contributed by atoms with E-state index in [1.54, 1.807) is 0 Å². The molecule has 0 bridgehead atoms. The molecule has 1 aromatic carbocycles. The molecule has 44 heavy (non-hydrogen) atoms. The second-order valence-corrected chi connectivity index (χ2v) is 17.0. The monoisotopic (exact) mass is 622 g/mol. The van der Waals surface area contributed by atoms with Gasteiger partial charge in [0.2, 0.25) is 0 Å². The Kier molecular flexibility index (Phi) is 12.6. The maximum absolute atomic E-state index is 6.55. The molecule has 0 heterocycles. The van der Waals surface area contributed by atoms with Crippen LogP contribution < -0.4 is 0 Å². The van der Waals surface area contributed by atoms with Crippen LogP contribution in [0, 0.1) is 11.8 Å². The van der Waals surface area contributed by atoms with E-state index in [4.69, 9.17) is 39.1 Å². The Morgan fingerprint density at radius 3 is 1.09 bits per heavy atom. The van der Waals surface area contributed by atoms with Gasteiger partial charge in [-0.05, 0) is 137 Å². The van der Waals surface area contributed by atoms with Crippen molar-refractivity contribution in [3.05, 3.63) is 35.9 Å². The van der Waals surface area contributed by atoms with Crippen molar-refractivity contribution in [3.8, 4) is 11.8 Å². The van der Waals surface area contributed by atoms with Gasteiger partial charge >= 0.3 is 0 Å². The van der Waals surface area contributed by atoms with E-state index in [9.17, 15) is 0 Å². The van der Waals surface area contributed by atoms with Crippen molar-refractivity contribution in [2.45, 2.75) is 182 Å². The summed E-state index contributed by atoms with van der Waals surface area (Å²) in [7, 11) is 0. The van der Waals surface area contributed by atoms with E-state index in [0.717, 1.165) is 5.56 Å². The second-order valence-electron chi connectivity index (χ2n) is 17.0. The van der Waals surface area contributed by atoms with E-state index in [0.29, 0.717) is 0 Å². The van der Waals surface area contributed by atoms with Gasteiger partial charge in [0.1, 0.15) is 16.6 Å². The standard InChI is InChI=1S/C36H62O8/c1-28(2,3)37-41-32(13,14)25-26-35(19,44-40-31(10,11)12)36(27-23-21-20-22-24-27,33(15,16)42-38-29(4,5)6)34(17,18)43-39-30(7,8)9/h20-24H,1-19H3. The van der Waals surface area contributed by atoms with Crippen LogP contribution in [-0.4, -0.2) is 44.8 Å². The minimum Gasteiger partial charge on any atom is -0.230 e. The van der Waals surface area contributed by atoms with Gasteiger partial charge in [0.25, 0.3) is 0 Å². The van der Waals surface area contributed by atoms with E-state index in [1.807, 2.05) is 162 Å². The summed E-state index contributed by atoms with van der Waals surface area (Å²) >= 11 is 0. The molecule has 254 valence electrons. The van der Waals surface area contributed by atoms with Gasteiger partial charge in [-0.25, -0.2) is 39.1 Å². The largest absolute Gasteiger partial charge is 0.230 e. The average molecular weight is 623 g/mol. The molecule has 8 heteroatoms. The predicted octanol–water partition coefficient (Wildman–Crippen LogP) is 9.01. The zero-order valence-corrected chi connectivity index (χ0v) is 31.2. The molecule has 0 aromatic heterocycles. The summed E-state index contributed by atoms with van der Waals surface area (Å²) in [4.78, 5) is 49.1. The van der Waals surface area contributed by atoms with Crippen molar-refractivity contribution in [2.24, 2.45) is 0 Å². The summed E-state index contributed by atoms with van der Waals surface area (Å²) in [6.07, 6.45) is 0. The first-order valence-corrected chi connectivity index (χ1v) is 15.5. The second kappa shape index (κ2) is 13.7. The van der Waals surface area contributed by atoms with E-state index in [2.05, 4.69) is 11.8 Å². The van der Waals surface area contributed by atoms with Crippen LogP contribution >= 0.6 is 0 Å². The van der Waals surface area contributed by atoms with Gasteiger partial charge in [-0.15, -0.1) is 0 Å². The molecule has 8 nitrogen and oxygen atoms in total. The van der Waals surface area contributed by atoms with Crippen LogP contribution in [0.4, 0.5) is 0 Å². The third-order valence-corrected chi connectivity index (χ3v) is 6.29. The lowest BCUT2D eigenvalue weighted by Crippen LogP contribution is -2.73. The summed E-state index contributed by atoms with van der Waals surface area (Å²) < 4.78 is 0. The van der Waals surface area contributed by atoms with Gasteiger partial charge in [-0.1, -0.05) is 42.2 Å². The Labute approximate surface area is 268 Å². The van der Waals surface area contributed by atoms with Crippen LogP contribution in [0.5, 0.6) is 0 Å². The number of benzene rings is 1. The highest BCUT2D eigenvalue weighted by molar-refractivity contribution is 5.44. The van der Waals surface area contributed by atoms with E-state index >= 15 is 0 Å². The fourth-order valence-electron chi connectivity index (χ4n) is 5.02. The topological polar surface area (TPSA) is 73.8 Å². The summed E-state index contributed by atoms with van der Waals surface area (Å²) in [5.41, 5.74) is -7.95. The molecule has 1 atom stereocenters. The SMILES string of the molecule is CC(C)(C)OOC(C)(C)C#CC(C)(OOC(C)(C)C)C(c1ccccc1)(C(C)(C)OOC(C)(C)C)C(C)(C)OOC(C)(C)C. The Bertz CT molecular complexity index is 1070. The summed E-state index contributed by atoms with van der Waals surface area (Å²) in [5.74, 6) is 6.70. The Morgan fingerprint density at radius 2 is 0.727 bits per heavy atom. The van der Waals surface area contributed by atoms with Crippen molar-refractivity contribution in [1.82, 2.24) is 0 Å². The Morgan fingerprint density at radius 1 is 0.386 bits per heavy atom. The zero-order valence-electron chi connectivity index (χ0n) is 31.2. The third-order valence-electron chi connectivity index (χ3n) is 6.29. The molecular formula is C36H62O8. The van der Waals surface area contributed by atoms with E-state index < -0.39 is 50.2 Å². The molecule has 0 N–H and O–H groups in total. The molecule has 0 spiro atoms. The zero-order chi connectivity index (χ0) is 34.7. The molecule has 1 aromatic rings. The summed E-state index contributed by atoms with van der Waals surface area (Å²) in [5, 5.41) is 0. The normalized spacial score (nSPS) is 15.9. The lowest BCUT2D eigenvalue weighted by molar-refractivity contribution is -0.480. The third kappa shape index (κ3) is 11.4. The average Bonchev–Trinajstić information content (AvgIpc) is 2.82. The predicted molar refractivity (Wildman–Crippen MR) is 174 cm³/mol. The van der Waals surface area contributed by atoms with E-state index in [-0.39, 0.29) is 0 Å². The molecule has 1 rings (SSSR count). The molecule has 0 aliphatic heterocycles. The van der Waals surface area contributed by atoms with Crippen molar-refractivity contribution >= 4 is 0 Å². The Hall–Kier alpha value is -1.54. The molecule has 0 aliphatic rings. The minimum atomic E-state index is -1.50. The molecular weight excluding hydrogens is 560 g/mol. The Balaban J connectivity index is 4.31. The van der Waals surface area contributed by atoms with Crippen LogP contribution in [0.3, 0.4) is 0 Å². The van der Waals surface area contributed by atoms with Gasteiger partial charge < -0.3 is 0 Å². The molecule has 0 saturated heterocycles. The van der Waals surface area contributed by atoms with Gasteiger partial charge in [0.05, 0.1) is 22.4 Å². The van der Waals surface area contributed by atoms with Crippen LogP contribution in [0.25, 0.3) is 0 Å².